The molecule has 234 valence electrons. The van der Waals surface area contributed by atoms with Gasteiger partial charge in [-0.15, -0.1) is 0 Å². The summed E-state index contributed by atoms with van der Waals surface area (Å²) >= 11 is 0. The molecule has 1 heterocycles. The van der Waals surface area contributed by atoms with E-state index in [1.807, 2.05) is 0 Å². The second kappa shape index (κ2) is 12.3. The number of allylic oxidation sites excluding steroid dienone is 3. The summed E-state index contributed by atoms with van der Waals surface area (Å²) in [7, 11) is 0. The highest BCUT2D eigenvalue weighted by molar-refractivity contribution is 5.25. The van der Waals surface area contributed by atoms with Gasteiger partial charge in [0, 0.05) is 0 Å². The summed E-state index contributed by atoms with van der Waals surface area (Å²) < 4.78 is 11.9. The maximum Gasteiger partial charge on any atom is 0.186 e. The predicted octanol–water partition coefficient (Wildman–Crippen LogP) is 5.77. The molecule has 1 aliphatic heterocycles. The summed E-state index contributed by atoms with van der Waals surface area (Å²) in [5.41, 5.74) is 3.77. The first-order valence-electron chi connectivity index (χ1n) is 16.7. The van der Waals surface area contributed by atoms with Gasteiger partial charge >= 0.3 is 0 Å². The van der Waals surface area contributed by atoms with Gasteiger partial charge in [-0.2, -0.15) is 0 Å². The van der Waals surface area contributed by atoms with E-state index in [9.17, 15) is 20.4 Å². The third kappa shape index (κ3) is 5.64. The van der Waals surface area contributed by atoms with E-state index in [4.69, 9.17) is 9.47 Å². The molecule has 0 aromatic heterocycles. The Labute approximate surface area is 248 Å². The number of aliphatic hydroxyl groups excluding tert-OH is 4. The summed E-state index contributed by atoms with van der Waals surface area (Å²) in [5.74, 6) is 4.56. The van der Waals surface area contributed by atoms with E-state index in [0.717, 1.165) is 48.9 Å². The van der Waals surface area contributed by atoms with Gasteiger partial charge < -0.3 is 29.9 Å². The second-order valence-corrected chi connectivity index (χ2v) is 15.2. The summed E-state index contributed by atoms with van der Waals surface area (Å²) in [6.45, 7) is 14.1. The van der Waals surface area contributed by atoms with Crippen LogP contribution in [0.25, 0.3) is 0 Å². The van der Waals surface area contributed by atoms with Crippen molar-refractivity contribution >= 4 is 0 Å². The molecule has 4 N–H and O–H groups in total. The van der Waals surface area contributed by atoms with Crippen LogP contribution in [0.15, 0.2) is 23.3 Å². The summed E-state index contributed by atoms with van der Waals surface area (Å²) in [6, 6.07) is 0. The van der Waals surface area contributed by atoms with E-state index in [2.05, 4.69) is 53.7 Å². The molecule has 5 rings (SSSR count). The van der Waals surface area contributed by atoms with Crippen LogP contribution >= 0.6 is 0 Å². The van der Waals surface area contributed by atoms with Crippen molar-refractivity contribution < 1.29 is 29.9 Å². The first-order valence-corrected chi connectivity index (χ1v) is 16.7. The Bertz CT molecular complexity index is 974. The summed E-state index contributed by atoms with van der Waals surface area (Å²) in [5, 5.41) is 40.4. The lowest BCUT2D eigenvalue weighted by atomic mass is 9.47. The molecular formula is C35H58O6. The minimum absolute atomic E-state index is 0.106. The lowest BCUT2D eigenvalue weighted by Crippen LogP contribution is -2.60. The Kier molecular flexibility index (Phi) is 9.51. The number of ether oxygens (including phenoxy) is 2. The van der Waals surface area contributed by atoms with Gasteiger partial charge in [0.25, 0.3) is 0 Å². The van der Waals surface area contributed by atoms with Gasteiger partial charge in [0.15, 0.2) is 6.29 Å². The van der Waals surface area contributed by atoms with Crippen molar-refractivity contribution in [2.24, 2.45) is 46.3 Å². The van der Waals surface area contributed by atoms with Crippen molar-refractivity contribution in [1.82, 2.24) is 0 Å². The molecule has 6 heteroatoms. The van der Waals surface area contributed by atoms with Crippen molar-refractivity contribution in [3.05, 3.63) is 23.3 Å². The Balaban J connectivity index is 1.24. The second-order valence-electron chi connectivity index (χ2n) is 15.2. The fourth-order valence-corrected chi connectivity index (χ4v) is 10.5. The molecule has 4 aliphatic carbocycles. The number of rotatable bonds is 8. The van der Waals surface area contributed by atoms with E-state index >= 15 is 0 Å². The monoisotopic (exact) mass is 574 g/mol. The molecule has 0 spiro atoms. The van der Waals surface area contributed by atoms with Crippen LogP contribution in [0.5, 0.6) is 0 Å². The van der Waals surface area contributed by atoms with Gasteiger partial charge in [-0.1, -0.05) is 57.9 Å². The molecule has 0 aromatic carbocycles. The maximum atomic E-state index is 10.5. The Hall–Kier alpha value is -0.760. The molecule has 0 amide bonds. The third-order valence-corrected chi connectivity index (χ3v) is 13.0. The Morgan fingerprint density at radius 3 is 2.46 bits per heavy atom. The smallest absolute Gasteiger partial charge is 0.186 e. The first kappa shape index (κ1) is 31.7. The molecule has 0 bridgehead atoms. The topological polar surface area (TPSA) is 99.4 Å². The minimum atomic E-state index is -1.40. The molecule has 0 radical (unpaired) electrons. The van der Waals surface area contributed by atoms with E-state index in [1.54, 1.807) is 5.57 Å². The zero-order chi connectivity index (χ0) is 29.7. The van der Waals surface area contributed by atoms with Crippen LogP contribution in [0.3, 0.4) is 0 Å². The zero-order valence-electron chi connectivity index (χ0n) is 26.5. The van der Waals surface area contributed by atoms with Crippen molar-refractivity contribution in [2.45, 2.75) is 143 Å². The first-order chi connectivity index (χ1) is 19.4. The highest BCUT2D eigenvalue weighted by atomic mass is 16.7. The normalized spacial score (nSPS) is 47.4. The van der Waals surface area contributed by atoms with Crippen LogP contribution < -0.4 is 0 Å². The largest absolute Gasteiger partial charge is 0.394 e. The lowest BCUT2D eigenvalue weighted by molar-refractivity contribution is -0.313. The van der Waals surface area contributed by atoms with Gasteiger partial charge in [-0.05, 0) is 117 Å². The molecule has 41 heavy (non-hydrogen) atoms. The summed E-state index contributed by atoms with van der Waals surface area (Å²) in [6.07, 6.45) is 10.6. The van der Waals surface area contributed by atoms with Crippen LogP contribution in [-0.2, 0) is 9.47 Å². The molecule has 3 saturated carbocycles. The molecule has 0 aromatic rings. The van der Waals surface area contributed by atoms with Crippen molar-refractivity contribution in [3.63, 3.8) is 0 Å². The molecule has 13 atom stereocenters. The van der Waals surface area contributed by atoms with Gasteiger partial charge in [-0.3, -0.25) is 0 Å². The molecule has 5 aliphatic rings. The molecule has 13 unspecified atom stereocenters. The molecule has 4 fully saturated rings. The highest BCUT2D eigenvalue weighted by Gasteiger charge is 2.59. The summed E-state index contributed by atoms with van der Waals surface area (Å²) in [4.78, 5) is 0. The van der Waals surface area contributed by atoms with Crippen LogP contribution in [0.2, 0.25) is 0 Å². The zero-order valence-corrected chi connectivity index (χ0v) is 26.5. The Morgan fingerprint density at radius 2 is 1.78 bits per heavy atom. The SMILES string of the molecule is C/C=C(\CCC(C)C1CCC2C3CC=C4CC(OC5OC(CO)C(O)C(O)C5O)CCC4(C)C3CCC12C)C(C)C. The van der Waals surface area contributed by atoms with Crippen LogP contribution in [0, 0.1) is 46.3 Å². The average molecular weight is 575 g/mol. The van der Waals surface area contributed by atoms with E-state index in [0.29, 0.717) is 11.3 Å². The number of fused-ring (bicyclic) bond motifs is 5. The van der Waals surface area contributed by atoms with Gasteiger partial charge in [0.2, 0.25) is 0 Å². The number of aliphatic hydroxyl groups is 4. The van der Waals surface area contributed by atoms with E-state index < -0.39 is 37.3 Å². The quantitative estimate of drug-likeness (QED) is 0.275. The predicted molar refractivity (Wildman–Crippen MR) is 161 cm³/mol. The number of hydrogen-bond donors (Lipinski definition) is 4. The lowest BCUT2D eigenvalue weighted by Gasteiger charge is -2.58. The molecule has 6 nitrogen and oxygen atoms in total. The van der Waals surface area contributed by atoms with Crippen LogP contribution in [-0.4, -0.2) is 63.8 Å². The van der Waals surface area contributed by atoms with Gasteiger partial charge in [-0.25, -0.2) is 0 Å². The minimum Gasteiger partial charge on any atom is -0.394 e. The number of hydrogen-bond acceptors (Lipinski definition) is 6. The fourth-order valence-electron chi connectivity index (χ4n) is 10.5. The standard InChI is InChI=1S/C35H58O6/c1-7-22(20(2)3)9-8-21(4)26-12-13-27-25-11-10-23-18-24(14-16-34(23,5)28(25)15-17-35(26,27)6)40-33-32(39)31(38)30(37)29(19-36)41-33/h7,10,20-21,24-33,36-39H,8-9,11-19H2,1-6H3/b22-7+. The van der Waals surface area contributed by atoms with Crippen molar-refractivity contribution in [1.29, 1.82) is 0 Å². The average Bonchev–Trinajstić information content (AvgIpc) is 3.30. The third-order valence-electron chi connectivity index (χ3n) is 13.0. The Morgan fingerprint density at radius 1 is 1.02 bits per heavy atom. The molecular weight excluding hydrogens is 516 g/mol. The van der Waals surface area contributed by atoms with Gasteiger partial charge in [0.05, 0.1) is 12.7 Å². The van der Waals surface area contributed by atoms with Crippen LogP contribution in [0.1, 0.15) is 106 Å². The van der Waals surface area contributed by atoms with Crippen molar-refractivity contribution in [2.75, 3.05) is 6.61 Å². The van der Waals surface area contributed by atoms with Crippen molar-refractivity contribution in [3.8, 4) is 0 Å². The molecule has 1 saturated heterocycles. The maximum absolute atomic E-state index is 10.5. The highest BCUT2D eigenvalue weighted by Crippen LogP contribution is 2.67. The van der Waals surface area contributed by atoms with Gasteiger partial charge in [0.1, 0.15) is 24.4 Å². The fraction of sp³-hybridized carbons (Fsp3) is 0.886. The van der Waals surface area contributed by atoms with Crippen LogP contribution in [0.4, 0.5) is 0 Å². The van der Waals surface area contributed by atoms with E-state index in [-0.39, 0.29) is 11.5 Å². The van der Waals surface area contributed by atoms with E-state index in [1.165, 1.54) is 50.5 Å².